The largest absolute Gasteiger partial charge is 0.418 e. The van der Waals surface area contributed by atoms with Crippen molar-refractivity contribution in [3.05, 3.63) is 29.8 Å². The molecule has 0 saturated heterocycles. The van der Waals surface area contributed by atoms with E-state index in [-0.39, 0.29) is 25.1 Å². The summed E-state index contributed by atoms with van der Waals surface area (Å²) in [6.07, 6.45) is -9.56. The topological polar surface area (TPSA) is 12.0 Å². The van der Waals surface area contributed by atoms with E-state index >= 15 is 0 Å². The van der Waals surface area contributed by atoms with E-state index in [1.807, 2.05) is 0 Å². The van der Waals surface area contributed by atoms with Crippen LogP contribution in [0.1, 0.15) is 24.8 Å². The van der Waals surface area contributed by atoms with Crippen LogP contribution >= 0.6 is 0 Å². The van der Waals surface area contributed by atoms with E-state index in [4.69, 9.17) is 0 Å². The lowest BCUT2D eigenvalue weighted by Gasteiger charge is -2.14. The maximum atomic E-state index is 12.6. The summed E-state index contributed by atoms with van der Waals surface area (Å²) in [5.74, 6) is 0. The fourth-order valence-corrected chi connectivity index (χ4v) is 1.56. The third-order valence-electron chi connectivity index (χ3n) is 2.43. The van der Waals surface area contributed by atoms with E-state index in [0.29, 0.717) is 0 Å². The van der Waals surface area contributed by atoms with Gasteiger partial charge in [0.25, 0.3) is 0 Å². The van der Waals surface area contributed by atoms with Crippen LogP contribution in [0.5, 0.6) is 0 Å². The third-order valence-corrected chi connectivity index (χ3v) is 2.43. The van der Waals surface area contributed by atoms with Gasteiger partial charge in [0.1, 0.15) is 0 Å². The van der Waals surface area contributed by atoms with Gasteiger partial charge < -0.3 is 5.32 Å². The van der Waals surface area contributed by atoms with Crippen LogP contribution < -0.4 is 5.32 Å². The van der Waals surface area contributed by atoms with Crippen LogP contribution in [0.4, 0.5) is 32.0 Å². The van der Waals surface area contributed by atoms with Crippen molar-refractivity contribution < 1.29 is 26.3 Å². The number of unbranched alkanes of at least 4 members (excludes halogenated alkanes) is 1. The predicted molar refractivity (Wildman–Crippen MR) is 59.8 cm³/mol. The summed E-state index contributed by atoms with van der Waals surface area (Å²) < 4.78 is 73.3. The molecule has 0 aliphatic rings. The molecule has 0 aliphatic carbocycles. The first-order valence-electron chi connectivity index (χ1n) is 5.67. The van der Waals surface area contributed by atoms with Gasteiger partial charge in [-0.05, 0) is 25.0 Å². The standard InChI is InChI=1S/C12H13F6N/c13-11(14,15)7-3-4-8-19-10-6-2-1-5-9(10)12(16,17)18/h1-2,5-6,19H,3-4,7-8H2. The molecular weight excluding hydrogens is 272 g/mol. The first kappa shape index (κ1) is 15.7. The van der Waals surface area contributed by atoms with E-state index < -0.39 is 24.3 Å². The van der Waals surface area contributed by atoms with Gasteiger partial charge in [0.15, 0.2) is 0 Å². The Balaban J connectivity index is 2.46. The highest BCUT2D eigenvalue weighted by atomic mass is 19.4. The molecule has 0 atom stereocenters. The quantitative estimate of drug-likeness (QED) is 0.602. The number of alkyl halides is 6. The second-order valence-electron chi connectivity index (χ2n) is 4.04. The molecule has 1 nitrogen and oxygen atoms in total. The monoisotopic (exact) mass is 285 g/mol. The number of hydrogen-bond acceptors (Lipinski definition) is 1. The second-order valence-corrected chi connectivity index (χ2v) is 4.04. The van der Waals surface area contributed by atoms with Crippen LogP contribution in [0.15, 0.2) is 24.3 Å². The zero-order valence-corrected chi connectivity index (χ0v) is 9.91. The second kappa shape index (κ2) is 6.16. The Morgan fingerprint density at radius 2 is 1.53 bits per heavy atom. The maximum absolute atomic E-state index is 12.6. The SMILES string of the molecule is FC(F)(F)CCCCNc1ccccc1C(F)(F)F. The predicted octanol–water partition coefficient (Wildman–Crippen LogP) is 4.85. The molecule has 0 aromatic heterocycles. The maximum Gasteiger partial charge on any atom is 0.418 e. The fourth-order valence-electron chi connectivity index (χ4n) is 1.56. The van der Waals surface area contributed by atoms with Gasteiger partial charge in [0, 0.05) is 18.7 Å². The van der Waals surface area contributed by atoms with Crippen molar-refractivity contribution in [2.45, 2.75) is 31.6 Å². The van der Waals surface area contributed by atoms with Crippen LogP contribution in [-0.4, -0.2) is 12.7 Å². The van der Waals surface area contributed by atoms with Crippen LogP contribution in [0.2, 0.25) is 0 Å². The molecule has 0 heterocycles. The van der Waals surface area contributed by atoms with Crippen LogP contribution in [0.3, 0.4) is 0 Å². The molecule has 108 valence electrons. The lowest BCUT2D eigenvalue weighted by molar-refractivity contribution is -0.137. The van der Waals surface area contributed by atoms with Crippen molar-refractivity contribution in [3.8, 4) is 0 Å². The molecule has 0 unspecified atom stereocenters. The average Bonchev–Trinajstić information content (AvgIpc) is 2.26. The Hall–Kier alpha value is -1.40. The number of hydrogen-bond donors (Lipinski definition) is 1. The highest BCUT2D eigenvalue weighted by Gasteiger charge is 2.33. The average molecular weight is 285 g/mol. The van der Waals surface area contributed by atoms with Gasteiger partial charge in [-0.15, -0.1) is 0 Å². The highest BCUT2D eigenvalue weighted by molar-refractivity contribution is 5.52. The van der Waals surface area contributed by atoms with E-state index in [9.17, 15) is 26.3 Å². The molecule has 1 N–H and O–H groups in total. The van der Waals surface area contributed by atoms with E-state index in [1.165, 1.54) is 18.2 Å². The minimum absolute atomic E-state index is 0.0726. The van der Waals surface area contributed by atoms with Crippen molar-refractivity contribution in [1.82, 2.24) is 0 Å². The molecule has 1 aromatic carbocycles. The summed E-state index contributed by atoms with van der Waals surface area (Å²) in [6, 6.07) is 4.88. The lowest BCUT2D eigenvalue weighted by atomic mass is 10.1. The number of halogens is 6. The summed E-state index contributed by atoms with van der Waals surface area (Å²) in [5, 5.41) is 2.52. The molecule has 0 amide bonds. The summed E-state index contributed by atoms with van der Waals surface area (Å²) in [7, 11) is 0. The lowest BCUT2D eigenvalue weighted by Crippen LogP contribution is -2.12. The zero-order valence-electron chi connectivity index (χ0n) is 9.91. The van der Waals surface area contributed by atoms with Crippen LogP contribution in [-0.2, 0) is 6.18 Å². The van der Waals surface area contributed by atoms with Gasteiger partial charge in [-0.25, -0.2) is 0 Å². The first-order valence-corrected chi connectivity index (χ1v) is 5.67. The highest BCUT2D eigenvalue weighted by Crippen LogP contribution is 2.34. The molecule has 0 bridgehead atoms. The number of para-hydroxylation sites is 1. The smallest absolute Gasteiger partial charge is 0.385 e. The van der Waals surface area contributed by atoms with Crippen molar-refractivity contribution in [3.63, 3.8) is 0 Å². The van der Waals surface area contributed by atoms with E-state index in [0.717, 1.165) is 6.07 Å². The number of nitrogens with one attached hydrogen (secondary N) is 1. The van der Waals surface area contributed by atoms with Crippen molar-refractivity contribution in [2.75, 3.05) is 11.9 Å². The van der Waals surface area contributed by atoms with E-state index in [1.54, 1.807) is 0 Å². The van der Waals surface area contributed by atoms with Gasteiger partial charge in [-0.2, -0.15) is 26.3 Å². The van der Waals surface area contributed by atoms with Gasteiger partial charge >= 0.3 is 12.4 Å². The Morgan fingerprint density at radius 3 is 2.11 bits per heavy atom. The number of anilines is 1. The molecular formula is C12H13F6N. The molecule has 1 aromatic rings. The van der Waals surface area contributed by atoms with Crippen molar-refractivity contribution >= 4 is 5.69 Å². The number of benzene rings is 1. The molecule has 0 radical (unpaired) electrons. The first-order chi connectivity index (χ1) is 8.70. The van der Waals surface area contributed by atoms with Crippen molar-refractivity contribution in [2.24, 2.45) is 0 Å². The van der Waals surface area contributed by atoms with Gasteiger partial charge in [0.05, 0.1) is 5.56 Å². The molecule has 7 heteroatoms. The summed E-state index contributed by atoms with van der Waals surface area (Å²) in [5.41, 5.74) is -0.923. The van der Waals surface area contributed by atoms with Gasteiger partial charge in [0.2, 0.25) is 0 Å². The Morgan fingerprint density at radius 1 is 0.895 bits per heavy atom. The van der Waals surface area contributed by atoms with Crippen LogP contribution in [0.25, 0.3) is 0 Å². The van der Waals surface area contributed by atoms with Gasteiger partial charge in [-0.1, -0.05) is 12.1 Å². The Kier molecular flexibility index (Phi) is 5.08. The molecule has 1 rings (SSSR count). The van der Waals surface area contributed by atoms with E-state index in [2.05, 4.69) is 5.32 Å². The minimum Gasteiger partial charge on any atom is -0.385 e. The van der Waals surface area contributed by atoms with Gasteiger partial charge in [-0.3, -0.25) is 0 Å². The number of rotatable bonds is 5. The molecule has 19 heavy (non-hydrogen) atoms. The zero-order chi connectivity index (χ0) is 14.5. The molecule has 0 fully saturated rings. The fraction of sp³-hybridized carbons (Fsp3) is 0.500. The minimum atomic E-state index is -4.48. The normalized spacial score (nSPS) is 12.5. The Bertz CT molecular complexity index is 396. The summed E-state index contributed by atoms with van der Waals surface area (Å²) in [4.78, 5) is 0. The molecule has 0 aliphatic heterocycles. The van der Waals surface area contributed by atoms with Crippen LogP contribution in [0, 0.1) is 0 Å². The van der Waals surface area contributed by atoms with Crippen molar-refractivity contribution in [1.29, 1.82) is 0 Å². The third kappa shape index (κ3) is 5.85. The summed E-state index contributed by atoms with van der Waals surface area (Å²) in [6.45, 7) is 0.0726. The molecule has 0 saturated carbocycles. The molecule has 0 spiro atoms. The Labute approximate surface area is 106 Å². The summed E-state index contributed by atoms with van der Waals surface area (Å²) >= 11 is 0.